The van der Waals surface area contributed by atoms with E-state index >= 15 is 0 Å². The molecule has 1 unspecified atom stereocenters. The Bertz CT molecular complexity index is 551. The van der Waals surface area contributed by atoms with Crippen molar-refractivity contribution in [3.8, 4) is 0 Å². The Kier molecular flexibility index (Phi) is 4.28. The van der Waals surface area contributed by atoms with E-state index in [1.165, 1.54) is 24.8 Å². The van der Waals surface area contributed by atoms with Gasteiger partial charge in [0.15, 0.2) is 5.12 Å². The Morgan fingerprint density at radius 2 is 2.05 bits per heavy atom. The molecular formula is C12H12Cl2N2O2S. The van der Waals surface area contributed by atoms with E-state index in [2.05, 4.69) is 0 Å². The molecule has 1 aromatic carbocycles. The molecule has 1 amide bonds. The first kappa shape index (κ1) is 14.5. The van der Waals surface area contributed by atoms with Gasteiger partial charge < -0.3 is 10.6 Å². The summed E-state index contributed by atoms with van der Waals surface area (Å²) < 4.78 is 0. The Balaban J connectivity index is 2.25. The van der Waals surface area contributed by atoms with E-state index in [0.29, 0.717) is 34.4 Å². The molecule has 1 aliphatic heterocycles. The van der Waals surface area contributed by atoms with Gasteiger partial charge in [0.25, 0.3) is 0 Å². The number of carbonyl (C=O) groups is 2. The Labute approximate surface area is 125 Å². The summed E-state index contributed by atoms with van der Waals surface area (Å²) in [7, 11) is 0. The predicted octanol–water partition coefficient (Wildman–Crippen LogP) is 2.96. The van der Waals surface area contributed by atoms with E-state index in [-0.39, 0.29) is 16.3 Å². The van der Waals surface area contributed by atoms with Crippen molar-refractivity contribution in [3.05, 3.63) is 22.2 Å². The van der Waals surface area contributed by atoms with Crippen LogP contribution in [0.15, 0.2) is 12.1 Å². The first-order valence-electron chi connectivity index (χ1n) is 5.60. The molecule has 1 atom stereocenters. The summed E-state index contributed by atoms with van der Waals surface area (Å²) in [4.78, 5) is 24.6. The number of carbonyl (C=O) groups excluding carboxylic acids is 2. The molecule has 0 saturated carbocycles. The fraction of sp³-hybridized carbons (Fsp3) is 0.333. The van der Waals surface area contributed by atoms with E-state index in [1.807, 2.05) is 0 Å². The average molecular weight is 319 g/mol. The molecule has 0 aliphatic carbocycles. The molecule has 1 heterocycles. The molecule has 102 valence electrons. The zero-order valence-corrected chi connectivity index (χ0v) is 12.5. The average Bonchev–Trinajstić information content (AvgIpc) is 2.63. The minimum Gasteiger partial charge on any atom is -0.397 e. The van der Waals surface area contributed by atoms with Crippen LogP contribution in [0.2, 0.25) is 10.0 Å². The van der Waals surface area contributed by atoms with Gasteiger partial charge in [-0.05, 0) is 12.1 Å². The minimum absolute atomic E-state index is 0.00163. The normalized spacial score (nSPS) is 19.0. The van der Waals surface area contributed by atoms with Gasteiger partial charge in [-0.2, -0.15) is 0 Å². The lowest BCUT2D eigenvalue weighted by atomic mass is 10.2. The fourth-order valence-corrected chi connectivity index (χ4v) is 3.26. The van der Waals surface area contributed by atoms with Crippen LogP contribution in [0, 0.1) is 0 Å². The zero-order chi connectivity index (χ0) is 14.2. The second-order valence-electron chi connectivity index (χ2n) is 4.27. The van der Waals surface area contributed by atoms with Gasteiger partial charge in [0, 0.05) is 25.1 Å². The van der Waals surface area contributed by atoms with Crippen LogP contribution in [0.1, 0.15) is 13.3 Å². The lowest BCUT2D eigenvalue weighted by Gasteiger charge is -2.19. The highest BCUT2D eigenvalue weighted by Gasteiger charge is 2.33. The highest BCUT2D eigenvalue weighted by molar-refractivity contribution is 8.14. The number of thioether (sulfide) groups is 1. The third-order valence-corrected chi connectivity index (χ3v) is 4.49. The van der Waals surface area contributed by atoms with Crippen molar-refractivity contribution >= 4 is 57.4 Å². The van der Waals surface area contributed by atoms with Crippen LogP contribution in [0.25, 0.3) is 0 Å². The summed E-state index contributed by atoms with van der Waals surface area (Å²) in [6.07, 6.45) is 0.323. The lowest BCUT2D eigenvalue weighted by molar-refractivity contribution is -0.117. The highest BCUT2D eigenvalue weighted by atomic mass is 35.5. The minimum atomic E-state index is -0.0659. The summed E-state index contributed by atoms with van der Waals surface area (Å²) in [5, 5.41) is 0.658. The van der Waals surface area contributed by atoms with Crippen LogP contribution in [-0.2, 0) is 9.59 Å². The van der Waals surface area contributed by atoms with Crippen LogP contribution in [0.3, 0.4) is 0 Å². The SMILES string of the molecule is CC(=O)SC1CC(=O)N(c2cc(Cl)c(Cl)cc2N)C1. The molecule has 1 aliphatic rings. The summed E-state index contributed by atoms with van der Waals surface area (Å²) in [6, 6.07) is 3.11. The molecule has 1 saturated heterocycles. The summed E-state index contributed by atoms with van der Waals surface area (Å²) in [5.74, 6) is -0.0659. The Hall–Kier alpha value is -0.910. The molecule has 1 fully saturated rings. The third-order valence-electron chi connectivity index (χ3n) is 2.78. The number of nitrogens with two attached hydrogens (primary N) is 1. The summed E-state index contributed by atoms with van der Waals surface area (Å²) >= 11 is 13.0. The van der Waals surface area contributed by atoms with Crippen molar-refractivity contribution in [2.45, 2.75) is 18.6 Å². The fourth-order valence-electron chi connectivity index (χ4n) is 2.01. The number of hydrogen-bond donors (Lipinski definition) is 1. The molecule has 0 bridgehead atoms. The van der Waals surface area contributed by atoms with Crippen LogP contribution in [0.4, 0.5) is 11.4 Å². The number of amides is 1. The van der Waals surface area contributed by atoms with Crippen LogP contribution in [0.5, 0.6) is 0 Å². The van der Waals surface area contributed by atoms with E-state index in [1.54, 1.807) is 11.0 Å². The van der Waals surface area contributed by atoms with Crippen molar-refractivity contribution in [2.75, 3.05) is 17.2 Å². The summed E-state index contributed by atoms with van der Waals surface area (Å²) in [5.41, 5.74) is 6.81. The van der Waals surface area contributed by atoms with Crippen molar-refractivity contribution in [1.29, 1.82) is 0 Å². The smallest absolute Gasteiger partial charge is 0.228 e. The Morgan fingerprint density at radius 1 is 1.42 bits per heavy atom. The molecule has 0 radical (unpaired) electrons. The van der Waals surface area contributed by atoms with Crippen molar-refractivity contribution in [2.24, 2.45) is 0 Å². The van der Waals surface area contributed by atoms with E-state index in [9.17, 15) is 9.59 Å². The molecule has 19 heavy (non-hydrogen) atoms. The largest absolute Gasteiger partial charge is 0.397 e. The second-order valence-corrected chi connectivity index (χ2v) is 6.56. The number of benzene rings is 1. The number of nitrogens with zero attached hydrogens (tertiary/aromatic N) is 1. The van der Waals surface area contributed by atoms with Crippen molar-refractivity contribution < 1.29 is 9.59 Å². The first-order valence-corrected chi connectivity index (χ1v) is 7.24. The van der Waals surface area contributed by atoms with Gasteiger partial charge in [0.1, 0.15) is 0 Å². The molecule has 4 nitrogen and oxygen atoms in total. The molecule has 0 aromatic heterocycles. The predicted molar refractivity (Wildman–Crippen MR) is 79.9 cm³/mol. The van der Waals surface area contributed by atoms with Crippen molar-refractivity contribution in [3.63, 3.8) is 0 Å². The maximum atomic E-state index is 12.0. The number of halogens is 2. The number of nitrogen functional groups attached to an aromatic ring is 1. The number of anilines is 2. The van der Waals surface area contributed by atoms with Crippen LogP contribution >= 0.6 is 35.0 Å². The Morgan fingerprint density at radius 3 is 2.68 bits per heavy atom. The van der Waals surface area contributed by atoms with Gasteiger partial charge in [-0.25, -0.2) is 0 Å². The van der Waals surface area contributed by atoms with Gasteiger partial charge in [-0.3, -0.25) is 9.59 Å². The van der Waals surface area contributed by atoms with Crippen molar-refractivity contribution in [1.82, 2.24) is 0 Å². The topological polar surface area (TPSA) is 63.4 Å². The molecule has 0 spiro atoms. The maximum absolute atomic E-state index is 12.0. The van der Waals surface area contributed by atoms with E-state index in [4.69, 9.17) is 28.9 Å². The van der Waals surface area contributed by atoms with Gasteiger partial charge in [-0.1, -0.05) is 35.0 Å². The van der Waals surface area contributed by atoms with E-state index in [0.717, 1.165) is 0 Å². The van der Waals surface area contributed by atoms with Crippen LogP contribution < -0.4 is 10.6 Å². The second kappa shape index (κ2) is 5.61. The quantitative estimate of drug-likeness (QED) is 0.851. The number of rotatable bonds is 2. The molecule has 1 aromatic rings. The molecule has 7 heteroatoms. The van der Waals surface area contributed by atoms with Gasteiger partial charge in [0.05, 0.1) is 21.4 Å². The summed E-state index contributed by atoms with van der Waals surface area (Å²) in [6.45, 7) is 1.94. The number of hydrogen-bond acceptors (Lipinski definition) is 4. The standard InChI is InChI=1S/C12H12Cl2N2O2S/c1-6(17)19-7-2-12(18)16(5-7)11-4-9(14)8(13)3-10(11)15/h3-4,7H,2,5,15H2,1H3. The first-order chi connectivity index (χ1) is 8.88. The highest BCUT2D eigenvalue weighted by Crippen LogP contribution is 2.36. The van der Waals surface area contributed by atoms with Gasteiger partial charge in [-0.15, -0.1) is 0 Å². The molecule has 2 rings (SSSR count). The molecular weight excluding hydrogens is 307 g/mol. The van der Waals surface area contributed by atoms with Gasteiger partial charge >= 0.3 is 0 Å². The monoisotopic (exact) mass is 318 g/mol. The molecule has 2 N–H and O–H groups in total. The maximum Gasteiger partial charge on any atom is 0.228 e. The third kappa shape index (κ3) is 3.16. The lowest BCUT2D eigenvalue weighted by Crippen LogP contribution is -2.25. The van der Waals surface area contributed by atoms with Crippen LogP contribution in [-0.4, -0.2) is 22.8 Å². The van der Waals surface area contributed by atoms with E-state index < -0.39 is 0 Å². The zero-order valence-electron chi connectivity index (χ0n) is 10.2. The van der Waals surface area contributed by atoms with Gasteiger partial charge in [0.2, 0.25) is 5.91 Å².